The largest absolute Gasteiger partial charge is 0.480 e. The zero-order chi connectivity index (χ0) is 26.8. The van der Waals surface area contributed by atoms with Gasteiger partial charge in [0, 0.05) is 23.5 Å². The Morgan fingerprint density at radius 2 is 1.64 bits per heavy atom. The van der Waals surface area contributed by atoms with Crippen molar-refractivity contribution in [2.75, 3.05) is 6.54 Å². The summed E-state index contributed by atoms with van der Waals surface area (Å²) < 4.78 is 0. The SMILES string of the molecule is NC(=O)CCC(NC(=O)CNC(=O)C(CC(N)=O)NC(=O)C(N)Cc1c[nH]c2ccccc12)C(=O)O. The van der Waals surface area contributed by atoms with Crippen molar-refractivity contribution in [3.05, 3.63) is 36.0 Å². The van der Waals surface area contributed by atoms with E-state index >= 15 is 0 Å². The second-order valence-corrected chi connectivity index (χ2v) is 8.08. The van der Waals surface area contributed by atoms with Crippen molar-refractivity contribution >= 4 is 46.4 Å². The third-order valence-electron chi connectivity index (χ3n) is 5.23. The number of nitrogens with one attached hydrogen (secondary N) is 4. The van der Waals surface area contributed by atoms with Gasteiger partial charge in [-0.05, 0) is 24.5 Å². The number of rotatable bonds is 14. The van der Waals surface area contributed by atoms with Crippen molar-refractivity contribution in [2.24, 2.45) is 17.2 Å². The van der Waals surface area contributed by atoms with Crippen LogP contribution >= 0.6 is 0 Å². The molecule has 0 saturated carbocycles. The van der Waals surface area contributed by atoms with E-state index in [1.54, 1.807) is 6.20 Å². The molecule has 0 spiro atoms. The van der Waals surface area contributed by atoms with Gasteiger partial charge >= 0.3 is 5.97 Å². The van der Waals surface area contributed by atoms with Crippen LogP contribution in [0.1, 0.15) is 24.8 Å². The van der Waals surface area contributed by atoms with Gasteiger partial charge in [0.05, 0.1) is 19.0 Å². The topological polar surface area (TPSA) is 253 Å². The summed E-state index contributed by atoms with van der Waals surface area (Å²) >= 11 is 0. The lowest BCUT2D eigenvalue weighted by atomic mass is 10.0. The number of aromatic amines is 1. The summed E-state index contributed by atoms with van der Waals surface area (Å²) in [7, 11) is 0. The first-order valence-corrected chi connectivity index (χ1v) is 10.9. The van der Waals surface area contributed by atoms with E-state index in [0.717, 1.165) is 16.5 Å². The lowest BCUT2D eigenvalue weighted by molar-refractivity contribution is -0.142. The molecule has 14 nitrogen and oxygen atoms in total. The van der Waals surface area contributed by atoms with Crippen LogP contribution in [0.15, 0.2) is 30.5 Å². The average Bonchev–Trinajstić information content (AvgIpc) is 3.21. The molecule has 0 radical (unpaired) electrons. The van der Waals surface area contributed by atoms with Gasteiger partial charge in [-0.25, -0.2) is 4.79 Å². The molecule has 0 aliphatic heterocycles. The van der Waals surface area contributed by atoms with E-state index in [1.165, 1.54) is 0 Å². The lowest BCUT2D eigenvalue weighted by Gasteiger charge is -2.20. The van der Waals surface area contributed by atoms with E-state index in [-0.39, 0.29) is 19.3 Å². The first-order chi connectivity index (χ1) is 17.0. The average molecular weight is 504 g/mol. The van der Waals surface area contributed by atoms with E-state index < -0.39 is 66.6 Å². The van der Waals surface area contributed by atoms with Crippen molar-refractivity contribution in [3.8, 4) is 0 Å². The number of para-hydroxylation sites is 1. The van der Waals surface area contributed by atoms with E-state index in [9.17, 15) is 28.8 Å². The summed E-state index contributed by atoms with van der Waals surface area (Å²) in [5.41, 5.74) is 17.8. The minimum absolute atomic E-state index is 0.144. The summed E-state index contributed by atoms with van der Waals surface area (Å²) in [5, 5.41) is 16.7. The quantitative estimate of drug-likeness (QED) is 0.135. The summed E-state index contributed by atoms with van der Waals surface area (Å²) in [6, 6.07) is 3.55. The van der Waals surface area contributed by atoms with Crippen LogP contribution in [-0.4, -0.2) is 70.3 Å². The van der Waals surface area contributed by atoms with Gasteiger partial charge in [-0.2, -0.15) is 0 Å². The Balaban J connectivity index is 1.95. The number of carbonyl (C=O) groups is 6. The molecule has 0 aliphatic rings. The Bertz CT molecular complexity index is 1150. The predicted octanol–water partition coefficient (Wildman–Crippen LogP) is -2.65. The monoisotopic (exact) mass is 503 g/mol. The molecule has 5 amide bonds. The number of H-pyrrole nitrogens is 1. The molecular weight excluding hydrogens is 474 g/mol. The van der Waals surface area contributed by atoms with Crippen molar-refractivity contribution in [2.45, 2.75) is 43.8 Å². The molecule has 1 aromatic heterocycles. The fourth-order valence-corrected chi connectivity index (χ4v) is 3.40. The smallest absolute Gasteiger partial charge is 0.326 e. The van der Waals surface area contributed by atoms with Gasteiger partial charge in [-0.3, -0.25) is 24.0 Å². The number of primary amides is 2. The summed E-state index contributed by atoms with van der Waals surface area (Å²) in [6.45, 7) is -0.661. The highest BCUT2D eigenvalue weighted by Gasteiger charge is 2.27. The molecule has 14 heteroatoms. The lowest BCUT2D eigenvalue weighted by Crippen LogP contribution is -2.54. The van der Waals surface area contributed by atoms with E-state index in [0.29, 0.717) is 0 Å². The van der Waals surface area contributed by atoms with Gasteiger partial charge in [0.25, 0.3) is 0 Å². The number of hydrogen-bond acceptors (Lipinski definition) is 7. The number of fused-ring (bicyclic) bond motifs is 1. The van der Waals surface area contributed by atoms with Gasteiger partial charge in [0.15, 0.2) is 0 Å². The highest BCUT2D eigenvalue weighted by atomic mass is 16.4. The van der Waals surface area contributed by atoms with E-state index in [2.05, 4.69) is 20.9 Å². The van der Waals surface area contributed by atoms with Crippen molar-refractivity contribution in [3.63, 3.8) is 0 Å². The Hall–Kier alpha value is -4.46. The Morgan fingerprint density at radius 1 is 0.944 bits per heavy atom. The number of amides is 5. The fourth-order valence-electron chi connectivity index (χ4n) is 3.40. The molecule has 0 bridgehead atoms. The number of hydrogen-bond donors (Lipinski definition) is 8. The van der Waals surface area contributed by atoms with Crippen molar-refractivity contribution < 1.29 is 33.9 Å². The van der Waals surface area contributed by atoms with Crippen molar-refractivity contribution in [1.29, 1.82) is 0 Å². The highest BCUT2D eigenvalue weighted by molar-refractivity contribution is 5.95. The third-order valence-corrected chi connectivity index (χ3v) is 5.23. The van der Waals surface area contributed by atoms with Crippen LogP contribution in [0.4, 0.5) is 0 Å². The normalized spacial score (nSPS) is 13.2. The van der Waals surface area contributed by atoms with Crippen LogP contribution in [-0.2, 0) is 35.2 Å². The zero-order valence-electron chi connectivity index (χ0n) is 19.3. The summed E-state index contributed by atoms with van der Waals surface area (Å²) in [6.07, 6.45) is 0.798. The van der Waals surface area contributed by atoms with Crippen LogP contribution in [0.25, 0.3) is 10.9 Å². The minimum Gasteiger partial charge on any atom is -0.480 e. The first-order valence-electron chi connectivity index (χ1n) is 10.9. The van der Waals surface area contributed by atoms with E-state index in [1.807, 2.05) is 24.3 Å². The van der Waals surface area contributed by atoms with Crippen LogP contribution in [0.5, 0.6) is 0 Å². The van der Waals surface area contributed by atoms with Crippen LogP contribution in [0, 0.1) is 0 Å². The molecule has 2 rings (SSSR count). The third kappa shape index (κ3) is 8.39. The summed E-state index contributed by atoms with van der Waals surface area (Å²) in [5.74, 6) is -5.51. The molecule has 1 aromatic carbocycles. The van der Waals surface area contributed by atoms with Crippen LogP contribution in [0.3, 0.4) is 0 Å². The molecule has 1 heterocycles. The number of benzene rings is 1. The van der Waals surface area contributed by atoms with Crippen molar-refractivity contribution in [1.82, 2.24) is 20.9 Å². The van der Waals surface area contributed by atoms with Crippen LogP contribution in [0.2, 0.25) is 0 Å². The molecule has 3 atom stereocenters. The number of carbonyl (C=O) groups excluding carboxylic acids is 5. The minimum atomic E-state index is -1.41. The molecule has 0 fully saturated rings. The van der Waals surface area contributed by atoms with Gasteiger partial charge < -0.3 is 43.2 Å². The number of aromatic nitrogens is 1. The molecule has 36 heavy (non-hydrogen) atoms. The predicted molar refractivity (Wildman–Crippen MR) is 127 cm³/mol. The number of carboxylic acid groups (broad SMARTS) is 1. The first kappa shape index (κ1) is 27.8. The van der Waals surface area contributed by atoms with Crippen LogP contribution < -0.4 is 33.2 Å². The number of aliphatic carboxylic acids is 1. The molecular formula is C22H29N7O7. The van der Waals surface area contributed by atoms with Gasteiger partial charge in [0.1, 0.15) is 12.1 Å². The maximum absolute atomic E-state index is 12.6. The number of carboxylic acids is 1. The number of nitrogens with two attached hydrogens (primary N) is 3. The molecule has 0 saturated heterocycles. The Morgan fingerprint density at radius 3 is 2.28 bits per heavy atom. The maximum Gasteiger partial charge on any atom is 0.326 e. The molecule has 3 unspecified atom stereocenters. The second-order valence-electron chi connectivity index (χ2n) is 8.08. The Labute approximate surface area is 205 Å². The standard InChI is InChI=1S/C22H29N7O7/c23-13(7-11-9-26-14-4-2-1-3-12(11)14)20(33)29-16(8-18(25)31)21(34)27-10-19(32)28-15(22(35)36)5-6-17(24)30/h1-4,9,13,15-16,26H,5-8,10,23H2,(H2,24,30)(H2,25,31)(H,27,34)(H,28,32)(H,29,33)(H,35,36). The summed E-state index contributed by atoms with van der Waals surface area (Å²) in [4.78, 5) is 73.8. The zero-order valence-corrected chi connectivity index (χ0v) is 19.3. The molecule has 0 aliphatic carbocycles. The molecule has 11 N–H and O–H groups in total. The fraction of sp³-hybridized carbons (Fsp3) is 0.364. The van der Waals surface area contributed by atoms with Gasteiger partial charge in [-0.15, -0.1) is 0 Å². The van der Waals surface area contributed by atoms with Gasteiger partial charge in [0.2, 0.25) is 29.5 Å². The Kier molecular flexibility index (Phi) is 9.92. The highest BCUT2D eigenvalue weighted by Crippen LogP contribution is 2.18. The second kappa shape index (κ2) is 12.9. The molecule has 194 valence electrons. The maximum atomic E-state index is 12.6. The molecule has 2 aromatic rings. The van der Waals surface area contributed by atoms with Gasteiger partial charge in [-0.1, -0.05) is 18.2 Å². The van der Waals surface area contributed by atoms with E-state index in [4.69, 9.17) is 22.3 Å².